The molecule has 0 atom stereocenters. The fraction of sp³-hybridized carbons (Fsp3) is 0.261. The normalized spacial score (nSPS) is 11.1. The van der Waals surface area contributed by atoms with E-state index in [1.807, 2.05) is 43.3 Å². The molecule has 3 heteroatoms. The van der Waals surface area contributed by atoms with Gasteiger partial charge >= 0.3 is 5.97 Å². The quantitative estimate of drug-likeness (QED) is 0.647. The van der Waals surface area contributed by atoms with Gasteiger partial charge in [0.25, 0.3) is 0 Å². The highest BCUT2D eigenvalue weighted by molar-refractivity contribution is 5.88. The highest BCUT2D eigenvalue weighted by atomic mass is 16.4. The number of hydrogen-bond acceptors (Lipinski definition) is 1. The van der Waals surface area contributed by atoms with Crippen molar-refractivity contribution in [3.8, 4) is 22.4 Å². The molecule has 0 aliphatic rings. The number of rotatable bonds is 6. The van der Waals surface area contributed by atoms with Crippen LogP contribution in [0, 0.1) is 12.8 Å². The predicted octanol–water partition coefficient (Wildman–Crippen LogP) is 5.41. The molecule has 1 heterocycles. The molecule has 0 amide bonds. The van der Waals surface area contributed by atoms with Gasteiger partial charge in [0, 0.05) is 17.8 Å². The number of benzene rings is 2. The van der Waals surface area contributed by atoms with Crippen LogP contribution in [-0.2, 0) is 17.8 Å². The smallest absolute Gasteiger partial charge is 0.307 e. The Hall–Kier alpha value is -2.81. The summed E-state index contributed by atoms with van der Waals surface area (Å²) in [4.78, 5) is 11.6. The number of nitrogens with zero attached hydrogens (tertiary/aromatic N) is 1. The SMILES string of the molecule is Cc1c(CC(=O)O)c(-c2ccccc2)c(-c2ccccc2)n1CC(C)C. The molecule has 1 N–H and O–H groups in total. The van der Waals surface area contributed by atoms with Crippen molar-refractivity contribution in [3.63, 3.8) is 0 Å². The Kier molecular flexibility index (Phi) is 5.27. The molecule has 2 aromatic carbocycles. The van der Waals surface area contributed by atoms with E-state index in [-0.39, 0.29) is 6.42 Å². The van der Waals surface area contributed by atoms with Crippen molar-refractivity contribution >= 4 is 5.97 Å². The number of aromatic nitrogens is 1. The van der Waals surface area contributed by atoms with E-state index in [0.29, 0.717) is 5.92 Å². The summed E-state index contributed by atoms with van der Waals surface area (Å²) >= 11 is 0. The fourth-order valence-corrected chi connectivity index (χ4v) is 3.56. The predicted molar refractivity (Wildman–Crippen MR) is 106 cm³/mol. The first-order chi connectivity index (χ1) is 12.5. The van der Waals surface area contributed by atoms with Crippen molar-refractivity contribution in [2.24, 2.45) is 5.92 Å². The second-order valence-corrected chi connectivity index (χ2v) is 7.09. The van der Waals surface area contributed by atoms with E-state index >= 15 is 0 Å². The molecule has 0 spiro atoms. The molecule has 3 aromatic rings. The zero-order chi connectivity index (χ0) is 18.7. The fourth-order valence-electron chi connectivity index (χ4n) is 3.56. The molecule has 0 fully saturated rings. The number of carbonyl (C=O) groups is 1. The molecule has 0 aliphatic carbocycles. The molecule has 0 bridgehead atoms. The molecule has 1 aromatic heterocycles. The van der Waals surface area contributed by atoms with Crippen LogP contribution in [0.4, 0.5) is 0 Å². The minimum Gasteiger partial charge on any atom is -0.481 e. The van der Waals surface area contributed by atoms with Crippen LogP contribution in [-0.4, -0.2) is 15.6 Å². The molecule has 134 valence electrons. The Morgan fingerprint density at radius 2 is 1.50 bits per heavy atom. The van der Waals surface area contributed by atoms with E-state index in [2.05, 4.69) is 42.7 Å². The van der Waals surface area contributed by atoms with Gasteiger partial charge in [-0.3, -0.25) is 4.79 Å². The van der Waals surface area contributed by atoms with Gasteiger partial charge in [0.2, 0.25) is 0 Å². The lowest BCUT2D eigenvalue weighted by Crippen LogP contribution is -2.09. The summed E-state index contributed by atoms with van der Waals surface area (Å²) in [5.41, 5.74) is 6.28. The van der Waals surface area contributed by atoms with Gasteiger partial charge in [0.15, 0.2) is 0 Å². The summed E-state index contributed by atoms with van der Waals surface area (Å²) in [5.74, 6) is -0.337. The van der Waals surface area contributed by atoms with Crippen LogP contribution in [0.3, 0.4) is 0 Å². The number of carboxylic acids is 1. The van der Waals surface area contributed by atoms with Gasteiger partial charge in [-0.05, 0) is 29.5 Å². The van der Waals surface area contributed by atoms with Crippen LogP contribution in [0.15, 0.2) is 60.7 Å². The first-order valence-electron chi connectivity index (χ1n) is 9.03. The Bertz CT molecular complexity index is 893. The van der Waals surface area contributed by atoms with E-state index in [1.54, 1.807) is 0 Å². The second kappa shape index (κ2) is 7.61. The minimum atomic E-state index is -0.799. The molecule has 0 radical (unpaired) electrons. The van der Waals surface area contributed by atoms with Crippen LogP contribution in [0.1, 0.15) is 25.1 Å². The third-order valence-corrected chi connectivity index (χ3v) is 4.64. The van der Waals surface area contributed by atoms with Crippen LogP contribution in [0.2, 0.25) is 0 Å². The van der Waals surface area contributed by atoms with Gasteiger partial charge in [0.05, 0.1) is 12.1 Å². The lowest BCUT2D eigenvalue weighted by Gasteiger charge is -2.15. The zero-order valence-electron chi connectivity index (χ0n) is 15.6. The Morgan fingerprint density at radius 3 is 2.00 bits per heavy atom. The summed E-state index contributed by atoms with van der Waals surface area (Å²) in [6, 6.07) is 20.4. The number of aliphatic carboxylic acids is 1. The van der Waals surface area contributed by atoms with Crippen LogP contribution in [0.25, 0.3) is 22.4 Å². The summed E-state index contributed by atoms with van der Waals surface area (Å²) in [6.07, 6.45) is 0.0288. The minimum absolute atomic E-state index is 0.0288. The number of carboxylic acid groups (broad SMARTS) is 1. The topological polar surface area (TPSA) is 42.2 Å². The van der Waals surface area contributed by atoms with E-state index in [1.165, 1.54) is 0 Å². The Morgan fingerprint density at radius 1 is 0.962 bits per heavy atom. The molecule has 0 saturated heterocycles. The van der Waals surface area contributed by atoms with Crippen LogP contribution in [0.5, 0.6) is 0 Å². The molecular formula is C23H25NO2. The largest absolute Gasteiger partial charge is 0.481 e. The van der Waals surface area contributed by atoms with Crippen LogP contribution >= 0.6 is 0 Å². The zero-order valence-corrected chi connectivity index (χ0v) is 15.6. The number of hydrogen-bond donors (Lipinski definition) is 1. The van der Waals surface area contributed by atoms with Crippen LogP contribution < -0.4 is 0 Å². The molecule has 0 aliphatic heterocycles. The molecular weight excluding hydrogens is 322 g/mol. The lowest BCUT2D eigenvalue weighted by molar-refractivity contribution is -0.136. The van der Waals surface area contributed by atoms with Crippen molar-refractivity contribution in [2.45, 2.75) is 33.7 Å². The maximum Gasteiger partial charge on any atom is 0.307 e. The van der Waals surface area contributed by atoms with Crippen molar-refractivity contribution in [2.75, 3.05) is 0 Å². The molecule has 0 saturated carbocycles. The van der Waals surface area contributed by atoms with Gasteiger partial charge < -0.3 is 9.67 Å². The maximum absolute atomic E-state index is 11.6. The molecule has 3 nitrogen and oxygen atoms in total. The first kappa shape index (κ1) is 18.0. The average molecular weight is 347 g/mol. The lowest BCUT2D eigenvalue weighted by atomic mass is 9.95. The summed E-state index contributed by atoms with van der Waals surface area (Å²) in [6.45, 7) is 7.27. The maximum atomic E-state index is 11.6. The van der Waals surface area contributed by atoms with Crippen molar-refractivity contribution in [1.29, 1.82) is 0 Å². The second-order valence-electron chi connectivity index (χ2n) is 7.09. The van der Waals surface area contributed by atoms with Crippen molar-refractivity contribution in [1.82, 2.24) is 4.57 Å². The highest BCUT2D eigenvalue weighted by Crippen LogP contribution is 2.40. The summed E-state index contributed by atoms with van der Waals surface area (Å²) in [5, 5.41) is 9.51. The molecule has 0 unspecified atom stereocenters. The monoisotopic (exact) mass is 347 g/mol. The molecule has 3 rings (SSSR count). The van der Waals surface area contributed by atoms with E-state index in [9.17, 15) is 9.90 Å². The summed E-state index contributed by atoms with van der Waals surface area (Å²) in [7, 11) is 0. The Labute approximate surface area is 154 Å². The van der Waals surface area contributed by atoms with Gasteiger partial charge in [-0.1, -0.05) is 74.5 Å². The Balaban J connectivity index is 2.36. The summed E-state index contributed by atoms with van der Waals surface area (Å²) < 4.78 is 2.29. The highest BCUT2D eigenvalue weighted by Gasteiger charge is 2.24. The van der Waals surface area contributed by atoms with Gasteiger partial charge in [0.1, 0.15) is 0 Å². The first-order valence-corrected chi connectivity index (χ1v) is 9.03. The third-order valence-electron chi connectivity index (χ3n) is 4.64. The third kappa shape index (κ3) is 3.57. The van der Waals surface area contributed by atoms with E-state index in [0.717, 1.165) is 40.2 Å². The van der Waals surface area contributed by atoms with E-state index < -0.39 is 5.97 Å². The van der Waals surface area contributed by atoms with Crippen molar-refractivity contribution < 1.29 is 9.90 Å². The van der Waals surface area contributed by atoms with E-state index in [4.69, 9.17) is 0 Å². The average Bonchev–Trinajstić information content (AvgIpc) is 2.88. The van der Waals surface area contributed by atoms with Gasteiger partial charge in [-0.25, -0.2) is 0 Å². The molecule has 26 heavy (non-hydrogen) atoms. The van der Waals surface area contributed by atoms with Gasteiger partial charge in [-0.15, -0.1) is 0 Å². The van der Waals surface area contributed by atoms with Gasteiger partial charge in [-0.2, -0.15) is 0 Å². The standard InChI is InChI=1S/C23H25NO2/c1-16(2)15-24-17(3)20(14-21(25)26)22(18-10-6-4-7-11-18)23(24)19-12-8-5-9-13-19/h4-13,16H,14-15H2,1-3H3,(H,25,26). The van der Waals surface area contributed by atoms with Crippen molar-refractivity contribution in [3.05, 3.63) is 71.9 Å².